The Morgan fingerprint density at radius 1 is 1.00 bits per heavy atom. The minimum Gasteiger partial charge on any atom is -0.457 e. The number of carbonyl (C=O) groups is 2. The average molecular weight is 431 g/mol. The van der Waals surface area contributed by atoms with E-state index in [1.165, 1.54) is 18.2 Å². The third kappa shape index (κ3) is 4.92. The lowest BCUT2D eigenvalue weighted by atomic mass is 10.1. The van der Waals surface area contributed by atoms with Crippen molar-refractivity contribution in [2.75, 3.05) is 10.6 Å². The van der Waals surface area contributed by atoms with Crippen LogP contribution in [0.3, 0.4) is 0 Å². The van der Waals surface area contributed by atoms with Crippen LogP contribution in [-0.2, 0) is 4.79 Å². The second-order valence-electron chi connectivity index (χ2n) is 7.60. The first-order valence-electron chi connectivity index (χ1n) is 10.1. The number of amides is 2. The number of anilines is 2. The van der Waals surface area contributed by atoms with Gasteiger partial charge in [0.05, 0.1) is 10.5 Å². The van der Waals surface area contributed by atoms with E-state index in [-0.39, 0.29) is 28.8 Å². The van der Waals surface area contributed by atoms with Crippen LogP contribution >= 0.6 is 0 Å². The van der Waals surface area contributed by atoms with E-state index in [1.807, 2.05) is 13.0 Å². The topological polar surface area (TPSA) is 111 Å². The highest BCUT2D eigenvalue weighted by atomic mass is 16.6. The molecule has 8 nitrogen and oxygen atoms in total. The molecule has 0 radical (unpaired) electrons. The maximum Gasteiger partial charge on any atom is 0.270 e. The molecule has 162 valence electrons. The fraction of sp³-hybridized carbons (Fsp3) is 0.167. The van der Waals surface area contributed by atoms with Crippen molar-refractivity contribution >= 4 is 28.9 Å². The molecule has 0 aliphatic heterocycles. The summed E-state index contributed by atoms with van der Waals surface area (Å²) in [5.41, 5.74) is 1.63. The van der Waals surface area contributed by atoms with Crippen molar-refractivity contribution in [1.29, 1.82) is 0 Å². The van der Waals surface area contributed by atoms with Gasteiger partial charge >= 0.3 is 0 Å². The number of nitro benzene ring substituents is 1. The van der Waals surface area contributed by atoms with Crippen LogP contribution in [0.2, 0.25) is 0 Å². The van der Waals surface area contributed by atoms with Gasteiger partial charge in [0.25, 0.3) is 11.6 Å². The van der Waals surface area contributed by atoms with Crippen LogP contribution in [-0.4, -0.2) is 16.7 Å². The Balaban J connectivity index is 1.61. The van der Waals surface area contributed by atoms with Gasteiger partial charge < -0.3 is 15.4 Å². The van der Waals surface area contributed by atoms with E-state index in [0.29, 0.717) is 17.1 Å². The molecule has 0 atom stereocenters. The van der Waals surface area contributed by atoms with E-state index in [1.54, 1.807) is 42.5 Å². The van der Waals surface area contributed by atoms with Gasteiger partial charge in [-0.1, -0.05) is 24.3 Å². The third-order valence-electron chi connectivity index (χ3n) is 5.09. The van der Waals surface area contributed by atoms with Crippen molar-refractivity contribution in [3.05, 3.63) is 88.0 Å². The number of carbonyl (C=O) groups excluding carboxylic acids is 2. The zero-order valence-corrected chi connectivity index (χ0v) is 17.3. The number of hydrogen-bond donors (Lipinski definition) is 2. The Morgan fingerprint density at radius 2 is 1.75 bits per heavy atom. The highest BCUT2D eigenvalue weighted by molar-refractivity contribution is 6.07. The number of nitrogens with one attached hydrogen (secondary N) is 2. The molecule has 0 bridgehead atoms. The summed E-state index contributed by atoms with van der Waals surface area (Å²) in [5, 5.41) is 16.9. The number of non-ortho nitro benzene ring substituents is 1. The van der Waals surface area contributed by atoms with E-state index in [4.69, 9.17) is 4.74 Å². The molecule has 32 heavy (non-hydrogen) atoms. The average Bonchev–Trinajstić information content (AvgIpc) is 3.62. The van der Waals surface area contributed by atoms with E-state index in [2.05, 4.69) is 10.6 Å². The standard InChI is InChI=1S/C24H21N3O5/c1-15-7-10-17(25-23(28)16-8-9-16)13-21(15)26-24(29)20-14-18(27(30)31)11-12-22(20)32-19-5-3-2-4-6-19/h2-7,10-14,16H,8-9H2,1H3,(H,25,28)(H,26,29). The monoisotopic (exact) mass is 431 g/mol. The number of nitrogens with zero attached hydrogens (tertiary/aromatic N) is 1. The van der Waals surface area contributed by atoms with Gasteiger partial charge in [-0.2, -0.15) is 0 Å². The minimum atomic E-state index is -0.567. The van der Waals surface area contributed by atoms with Gasteiger partial charge in [0.2, 0.25) is 5.91 Å². The molecule has 2 amide bonds. The molecule has 0 aromatic heterocycles. The van der Waals surface area contributed by atoms with Gasteiger partial charge in [0, 0.05) is 29.4 Å². The molecule has 0 unspecified atom stereocenters. The summed E-state index contributed by atoms with van der Waals surface area (Å²) in [6.07, 6.45) is 1.77. The number of nitro groups is 1. The van der Waals surface area contributed by atoms with E-state index in [9.17, 15) is 19.7 Å². The highest BCUT2D eigenvalue weighted by Crippen LogP contribution is 2.32. The molecule has 0 heterocycles. The van der Waals surface area contributed by atoms with Crippen LogP contribution in [0, 0.1) is 23.0 Å². The van der Waals surface area contributed by atoms with Crippen LogP contribution in [0.4, 0.5) is 17.1 Å². The van der Waals surface area contributed by atoms with Gasteiger partial charge in [0.15, 0.2) is 0 Å². The van der Waals surface area contributed by atoms with Gasteiger partial charge in [0.1, 0.15) is 11.5 Å². The van der Waals surface area contributed by atoms with Crippen LogP contribution in [0.5, 0.6) is 11.5 Å². The quantitative estimate of drug-likeness (QED) is 0.390. The van der Waals surface area contributed by atoms with Crippen molar-refractivity contribution in [3.8, 4) is 11.5 Å². The first-order valence-corrected chi connectivity index (χ1v) is 10.1. The molecule has 4 rings (SSSR count). The lowest BCUT2D eigenvalue weighted by Crippen LogP contribution is -2.16. The van der Waals surface area contributed by atoms with Gasteiger partial charge in [-0.25, -0.2) is 0 Å². The Morgan fingerprint density at radius 3 is 2.44 bits per heavy atom. The summed E-state index contributed by atoms with van der Waals surface area (Å²) in [6, 6.07) is 17.9. The van der Waals surface area contributed by atoms with Crippen molar-refractivity contribution in [3.63, 3.8) is 0 Å². The maximum absolute atomic E-state index is 13.1. The molecule has 0 spiro atoms. The van der Waals surface area contributed by atoms with E-state index >= 15 is 0 Å². The van der Waals surface area contributed by atoms with Crippen LogP contribution in [0.25, 0.3) is 0 Å². The Hall–Kier alpha value is -4.20. The van der Waals surface area contributed by atoms with Crippen LogP contribution in [0.1, 0.15) is 28.8 Å². The number of aryl methyl sites for hydroxylation is 1. The molecule has 1 aliphatic carbocycles. The Bertz CT molecular complexity index is 1190. The van der Waals surface area contributed by atoms with Crippen molar-refractivity contribution in [2.45, 2.75) is 19.8 Å². The molecule has 2 N–H and O–H groups in total. The number of para-hydroxylation sites is 1. The van der Waals surface area contributed by atoms with Crippen molar-refractivity contribution in [2.24, 2.45) is 5.92 Å². The third-order valence-corrected chi connectivity index (χ3v) is 5.09. The van der Waals surface area contributed by atoms with Gasteiger partial charge in [-0.15, -0.1) is 0 Å². The predicted molar refractivity (Wildman–Crippen MR) is 120 cm³/mol. The fourth-order valence-corrected chi connectivity index (χ4v) is 3.13. The lowest BCUT2D eigenvalue weighted by Gasteiger charge is -2.14. The Kier molecular flexibility index (Phi) is 5.85. The first-order chi connectivity index (χ1) is 15.4. The highest BCUT2D eigenvalue weighted by Gasteiger charge is 2.29. The zero-order valence-electron chi connectivity index (χ0n) is 17.3. The molecule has 8 heteroatoms. The summed E-state index contributed by atoms with van der Waals surface area (Å²) < 4.78 is 5.80. The summed E-state index contributed by atoms with van der Waals surface area (Å²) >= 11 is 0. The molecule has 1 saturated carbocycles. The normalized spacial score (nSPS) is 12.7. The largest absolute Gasteiger partial charge is 0.457 e. The predicted octanol–water partition coefficient (Wildman–Crippen LogP) is 5.30. The summed E-state index contributed by atoms with van der Waals surface area (Å²) in [4.78, 5) is 35.8. The number of benzene rings is 3. The summed E-state index contributed by atoms with van der Waals surface area (Å²) in [7, 11) is 0. The summed E-state index contributed by atoms with van der Waals surface area (Å²) in [6.45, 7) is 1.82. The molecule has 1 fully saturated rings. The molecular formula is C24H21N3O5. The second kappa shape index (κ2) is 8.89. The number of rotatable bonds is 7. The molecular weight excluding hydrogens is 410 g/mol. The molecule has 0 saturated heterocycles. The molecule has 1 aliphatic rings. The fourth-order valence-electron chi connectivity index (χ4n) is 3.13. The number of ether oxygens (including phenoxy) is 1. The number of hydrogen-bond acceptors (Lipinski definition) is 5. The van der Waals surface area contributed by atoms with Crippen molar-refractivity contribution < 1.29 is 19.2 Å². The van der Waals surface area contributed by atoms with Gasteiger partial charge in [-0.05, 0) is 55.7 Å². The van der Waals surface area contributed by atoms with Crippen LogP contribution < -0.4 is 15.4 Å². The SMILES string of the molecule is Cc1ccc(NC(=O)C2CC2)cc1NC(=O)c1cc([N+](=O)[O-])ccc1Oc1ccccc1. The van der Waals surface area contributed by atoms with Crippen molar-refractivity contribution in [1.82, 2.24) is 0 Å². The summed E-state index contributed by atoms with van der Waals surface area (Å²) in [5.74, 6) is 0.139. The minimum absolute atomic E-state index is 0.0230. The Labute approximate surface area is 184 Å². The van der Waals surface area contributed by atoms with Gasteiger partial charge in [-0.3, -0.25) is 19.7 Å². The lowest BCUT2D eigenvalue weighted by molar-refractivity contribution is -0.384. The van der Waals surface area contributed by atoms with E-state index in [0.717, 1.165) is 18.4 Å². The second-order valence-corrected chi connectivity index (χ2v) is 7.60. The maximum atomic E-state index is 13.1. The zero-order chi connectivity index (χ0) is 22.7. The van der Waals surface area contributed by atoms with E-state index < -0.39 is 10.8 Å². The molecule has 3 aromatic rings. The van der Waals surface area contributed by atoms with Crippen LogP contribution in [0.15, 0.2) is 66.7 Å². The smallest absolute Gasteiger partial charge is 0.270 e. The molecule has 3 aromatic carbocycles. The first kappa shape index (κ1) is 21.0.